The summed E-state index contributed by atoms with van der Waals surface area (Å²) in [4.78, 5) is 47.6. The Labute approximate surface area is 540 Å². The maximum absolute atomic E-state index is 15.0. The van der Waals surface area contributed by atoms with E-state index in [1.807, 2.05) is 28.7 Å². The third kappa shape index (κ3) is 13.4. The van der Waals surface area contributed by atoms with Gasteiger partial charge in [0.1, 0.15) is 13.1 Å². The number of carbonyl (C=O) groups is 2. The molecule has 4 unspecified atom stereocenters. The van der Waals surface area contributed by atoms with Gasteiger partial charge in [-0.1, -0.05) is 158 Å². The van der Waals surface area contributed by atoms with Crippen LogP contribution in [0.2, 0.25) is 0 Å². The summed E-state index contributed by atoms with van der Waals surface area (Å²) in [5, 5.41) is 10.2. The van der Waals surface area contributed by atoms with E-state index in [1.54, 1.807) is 34.8 Å². The monoisotopic (exact) mass is 1270 g/mol. The summed E-state index contributed by atoms with van der Waals surface area (Å²) in [5.41, 5.74) is 4.43. The van der Waals surface area contributed by atoms with Crippen LogP contribution in [-0.4, -0.2) is 11.6 Å². The first-order valence-corrected chi connectivity index (χ1v) is 35.4. The van der Waals surface area contributed by atoms with E-state index in [1.165, 1.54) is 20.9 Å². The van der Waals surface area contributed by atoms with Gasteiger partial charge in [-0.2, -0.15) is 9.69 Å². The Bertz CT molecular complexity index is 3710. The number of rotatable bonds is 28. The van der Waals surface area contributed by atoms with Gasteiger partial charge in [-0.15, -0.1) is 45.3 Å². The predicted molar refractivity (Wildman–Crippen MR) is 361 cm³/mol. The summed E-state index contributed by atoms with van der Waals surface area (Å²) in [6.07, 6.45) is 24.2. The highest BCUT2D eigenvalue weighted by Gasteiger charge is 2.49. The molecule has 89 heavy (non-hydrogen) atoms. The third-order valence-corrected chi connectivity index (χ3v) is 24.0. The van der Waals surface area contributed by atoms with Gasteiger partial charge in [0.2, 0.25) is 0 Å². The Balaban J connectivity index is 1.28. The van der Waals surface area contributed by atoms with E-state index in [2.05, 4.69) is 94.2 Å². The second-order valence-corrected chi connectivity index (χ2v) is 28.8. The zero-order valence-electron chi connectivity index (χ0n) is 52.5. The van der Waals surface area contributed by atoms with Gasteiger partial charge in [-0.25, -0.2) is 27.7 Å². The Hall–Kier alpha value is -6.78. The number of halogens is 4. The Kier molecular flexibility index (Phi) is 22.0. The number of ketones is 2. The number of hydrogen-bond acceptors (Lipinski definition) is 7. The number of hydrogen-bond donors (Lipinski definition) is 0. The lowest BCUT2D eigenvalue weighted by atomic mass is 9.65. The first-order chi connectivity index (χ1) is 43.0. The van der Waals surface area contributed by atoms with Crippen LogP contribution in [0.15, 0.2) is 71.2 Å². The van der Waals surface area contributed by atoms with Crippen molar-refractivity contribution in [2.75, 3.05) is 0 Å². The van der Waals surface area contributed by atoms with Gasteiger partial charge in [0.25, 0.3) is 5.70 Å². The van der Waals surface area contributed by atoms with Gasteiger partial charge in [0.05, 0.1) is 18.2 Å². The van der Waals surface area contributed by atoms with Crippen molar-refractivity contribution in [3.05, 3.63) is 183 Å². The average Bonchev–Trinajstić information content (AvgIpc) is 1.62. The number of fused-ring (bicyclic) bond motifs is 5. The molecule has 0 aliphatic heterocycles. The maximum Gasteiger partial charge on any atom is 0.528 e. The molecule has 6 aromatic rings. The molecule has 4 heterocycles. The lowest BCUT2D eigenvalue weighted by Crippen LogP contribution is -2.31. The van der Waals surface area contributed by atoms with Crippen LogP contribution in [0.5, 0.6) is 0 Å². The summed E-state index contributed by atoms with van der Waals surface area (Å²) in [7, 11) is 0. The minimum absolute atomic E-state index is 0.0148. The number of allylic oxidation sites excluding steroid dienone is 5. The number of thiophene rings is 4. The van der Waals surface area contributed by atoms with E-state index < -0.39 is 34.8 Å². The van der Waals surface area contributed by atoms with Crippen molar-refractivity contribution in [1.29, 1.82) is 5.26 Å². The van der Waals surface area contributed by atoms with E-state index in [-0.39, 0.29) is 61.5 Å². The number of nitriles is 1. The highest BCUT2D eigenvalue weighted by molar-refractivity contribution is 7.29. The molecule has 0 bridgehead atoms. The number of Topliss-reactive ketones (excluding diaryl/α,β-unsaturated/α-hetero) is 2. The number of benzene rings is 2. The molecule has 3 aliphatic rings. The largest absolute Gasteiger partial charge is 0.528 e. The topological polar surface area (TPSA) is 71.0 Å². The lowest BCUT2D eigenvalue weighted by Gasteiger charge is -2.37. The van der Waals surface area contributed by atoms with Gasteiger partial charge in [-0.3, -0.25) is 9.59 Å². The van der Waals surface area contributed by atoms with E-state index in [9.17, 15) is 32.4 Å². The van der Waals surface area contributed by atoms with Crippen molar-refractivity contribution in [2.24, 2.45) is 23.7 Å². The molecule has 3 aliphatic carbocycles. The minimum atomic E-state index is -1.18. The van der Waals surface area contributed by atoms with Gasteiger partial charge >= 0.3 is 5.82 Å². The molecule has 0 N–H and O–H groups in total. The zero-order valence-corrected chi connectivity index (χ0v) is 55.7. The standard InChI is InChI=1S/C75H78F4N4O2S4/c1-12-20-24-43(16-5)28-47-30-49(32-55-66(63(42-80)81-9)51-34-59(76)61(78)36-53(51)68(55)84)86-70(47)64-38-57-72(88-64)73-58(75(57,40-45(18-7)26-22-14-3)41-46(19-8)27-23-15-4)39-65(89-73)71-48(29-44(17-6)25-21-13-2)31-50(87-71)33-56-67(74(82-10)83-11)52-35-60(77)62(79)37-54(52)69(56)85/h30-39,43-46H,12-29,40-41H2,1-8H3/b55-32-,56-33-,66-63-. The van der Waals surface area contributed by atoms with Gasteiger partial charge in [0.15, 0.2) is 34.8 Å². The highest BCUT2D eigenvalue weighted by Crippen LogP contribution is 2.64. The Morgan fingerprint density at radius 1 is 0.506 bits per heavy atom. The van der Waals surface area contributed by atoms with Crippen molar-refractivity contribution in [1.82, 2.24) is 0 Å². The molecule has 2 aromatic carbocycles. The third-order valence-electron chi connectivity index (χ3n) is 18.9. The van der Waals surface area contributed by atoms with E-state index in [0.29, 0.717) is 23.7 Å². The molecule has 0 radical (unpaired) electrons. The first kappa shape index (κ1) is 66.6. The van der Waals surface area contributed by atoms with Crippen molar-refractivity contribution < 1.29 is 27.2 Å². The summed E-state index contributed by atoms with van der Waals surface area (Å²) >= 11 is 6.81. The minimum Gasteiger partial charge on any atom is -0.289 e. The molecule has 0 fully saturated rings. The number of nitrogens with zero attached hydrogens (tertiary/aromatic N) is 4. The van der Waals surface area contributed by atoms with Crippen LogP contribution >= 0.6 is 45.3 Å². The second kappa shape index (κ2) is 29.5. The summed E-state index contributed by atoms with van der Waals surface area (Å²) in [6.45, 7) is 41.9. The van der Waals surface area contributed by atoms with Crippen LogP contribution in [0.25, 0.3) is 67.1 Å². The smallest absolute Gasteiger partial charge is 0.289 e. The molecule has 0 spiro atoms. The summed E-state index contributed by atoms with van der Waals surface area (Å²) in [6, 6.07) is 14.8. The predicted octanol–water partition coefficient (Wildman–Crippen LogP) is 24.0. The van der Waals surface area contributed by atoms with Crippen molar-refractivity contribution >= 4 is 80.2 Å². The molecule has 9 rings (SSSR count). The van der Waals surface area contributed by atoms with Crippen LogP contribution in [0, 0.1) is 78.0 Å². The van der Waals surface area contributed by atoms with Crippen LogP contribution in [0.3, 0.4) is 0 Å². The summed E-state index contributed by atoms with van der Waals surface area (Å²) < 4.78 is 59.6. The quantitative estimate of drug-likeness (QED) is 0.0213. The Morgan fingerprint density at radius 3 is 1.24 bits per heavy atom. The highest BCUT2D eigenvalue weighted by atomic mass is 32.1. The fraction of sp³-hybridized carbons (Fsp3) is 0.440. The molecule has 4 atom stereocenters. The summed E-state index contributed by atoms with van der Waals surface area (Å²) in [5.74, 6) is -4.52. The fourth-order valence-electron chi connectivity index (χ4n) is 13.9. The normalized spacial score (nSPS) is 17.7. The molecule has 0 saturated carbocycles. The van der Waals surface area contributed by atoms with Crippen LogP contribution < -0.4 is 0 Å². The number of unbranched alkanes of at least 4 members (excludes halogenated alkanes) is 4. The molecule has 14 heteroatoms. The van der Waals surface area contributed by atoms with Crippen LogP contribution in [-0.2, 0) is 18.3 Å². The van der Waals surface area contributed by atoms with E-state index in [4.69, 9.17) is 19.7 Å². The first-order valence-electron chi connectivity index (χ1n) is 32.1. The van der Waals surface area contributed by atoms with Crippen LogP contribution in [0.1, 0.15) is 235 Å². The van der Waals surface area contributed by atoms with E-state index in [0.717, 1.165) is 193 Å². The van der Waals surface area contributed by atoms with Gasteiger partial charge in [-0.05, 0) is 143 Å². The SMILES string of the molecule is [C-]#[N+]C([N+]#[C-])=C1/C(=C/c2cc(CC(CC)CCCC)c(-c3cc4c(s3)-c3sc(-c5sc(/C=C6\C(=O)c7cc(F)c(F)cc7\C6=C(/C#N)[N+]#[C-])cc5CC(CC)CCCC)cc3C4(CC(CC)CCCC)CC(CC)CCCC)s2)C(=O)c2cc(F)c(F)cc21. The van der Waals surface area contributed by atoms with Crippen molar-refractivity contribution in [3.63, 3.8) is 0 Å². The van der Waals surface area contributed by atoms with Crippen molar-refractivity contribution in [2.45, 2.75) is 189 Å². The van der Waals surface area contributed by atoms with E-state index >= 15 is 0 Å². The second-order valence-electron chi connectivity index (χ2n) is 24.5. The zero-order chi connectivity index (χ0) is 63.8. The lowest BCUT2D eigenvalue weighted by molar-refractivity contribution is 0.103. The Morgan fingerprint density at radius 2 is 0.876 bits per heavy atom. The fourth-order valence-corrected chi connectivity index (χ4v) is 19.1. The van der Waals surface area contributed by atoms with Gasteiger partial charge < -0.3 is 0 Å². The molecule has 0 saturated heterocycles. The molecule has 462 valence electrons. The molecular weight excluding hydrogens is 1190 g/mol. The average molecular weight is 1270 g/mol. The molecule has 4 aromatic heterocycles. The number of carbonyl (C=O) groups excluding carboxylic acids is 2. The molecule has 0 amide bonds. The molecule has 6 nitrogen and oxygen atoms in total. The van der Waals surface area contributed by atoms with Gasteiger partial charge in [0, 0.05) is 72.3 Å². The van der Waals surface area contributed by atoms with Crippen LogP contribution in [0.4, 0.5) is 17.6 Å². The van der Waals surface area contributed by atoms with Crippen molar-refractivity contribution in [3.8, 4) is 35.3 Å². The molecular formula is C75H78F4N4O2S4. The maximum atomic E-state index is 15.0.